The lowest BCUT2D eigenvalue weighted by Crippen LogP contribution is -2.64. The zero-order chi connectivity index (χ0) is 20.4. The summed E-state index contributed by atoms with van der Waals surface area (Å²) in [5.74, 6) is -1.73. The van der Waals surface area contributed by atoms with E-state index >= 15 is 0 Å². The Balaban J connectivity index is 1.70. The second kappa shape index (κ2) is 8.32. The van der Waals surface area contributed by atoms with Crippen LogP contribution >= 0.6 is 0 Å². The molecule has 1 aliphatic heterocycles. The van der Waals surface area contributed by atoms with Crippen LogP contribution < -0.4 is 5.32 Å². The number of carbonyl (C=O) groups excluding carboxylic acids is 1. The van der Waals surface area contributed by atoms with Crippen molar-refractivity contribution < 1.29 is 22.7 Å². The fraction of sp³-hybridized carbons (Fsp3) is 0.737. The summed E-state index contributed by atoms with van der Waals surface area (Å²) >= 11 is 0. The Kier molecular flexibility index (Phi) is 6.24. The van der Waals surface area contributed by atoms with Gasteiger partial charge in [-0.3, -0.25) is 14.7 Å². The first-order chi connectivity index (χ1) is 13.2. The summed E-state index contributed by atoms with van der Waals surface area (Å²) in [5.41, 5.74) is 0.288. The molecule has 28 heavy (non-hydrogen) atoms. The fourth-order valence-corrected chi connectivity index (χ4v) is 4.05. The third-order valence-electron chi connectivity index (χ3n) is 5.68. The molecule has 3 atom stereocenters. The lowest BCUT2D eigenvalue weighted by molar-refractivity contribution is -0.187. The van der Waals surface area contributed by atoms with E-state index in [1.54, 1.807) is 6.92 Å². The number of rotatable bonds is 4. The number of carbonyl (C=O) groups is 1. The Bertz CT molecular complexity index is 679. The first kappa shape index (κ1) is 21.0. The van der Waals surface area contributed by atoms with Crippen LogP contribution in [0.5, 0.6) is 0 Å². The van der Waals surface area contributed by atoms with E-state index < -0.39 is 17.7 Å². The monoisotopic (exact) mass is 400 g/mol. The number of nitrogens with one attached hydrogen (secondary N) is 1. The number of alkyl halides is 3. The highest BCUT2D eigenvalue weighted by atomic mass is 19.4. The zero-order valence-corrected chi connectivity index (χ0v) is 16.3. The van der Waals surface area contributed by atoms with Gasteiger partial charge in [-0.2, -0.15) is 13.2 Å². The Morgan fingerprint density at radius 2 is 2.18 bits per heavy atom. The van der Waals surface area contributed by atoms with Gasteiger partial charge < -0.3 is 10.1 Å². The molecule has 156 valence electrons. The highest BCUT2D eigenvalue weighted by Crippen LogP contribution is 2.36. The second-order valence-electron chi connectivity index (χ2n) is 7.91. The van der Waals surface area contributed by atoms with Crippen LogP contribution in [0.25, 0.3) is 0 Å². The molecule has 0 radical (unpaired) electrons. The van der Waals surface area contributed by atoms with E-state index in [1.165, 1.54) is 19.3 Å². The van der Waals surface area contributed by atoms with Crippen LogP contribution in [-0.4, -0.2) is 64.8 Å². The van der Waals surface area contributed by atoms with E-state index in [2.05, 4.69) is 15.3 Å². The molecular formula is C19H27F3N4O2. The van der Waals surface area contributed by atoms with Crippen LogP contribution in [0.3, 0.4) is 0 Å². The van der Waals surface area contributed by atoms with Gasteiger partial charge in [-0.1, -0.05) is 19.8 Å². The average Bonchev–Trinajstić information content (AvgIpc) is 2.64. The number of aromatic nitrogens is 2. The number of hydrogen-bond donors (Lipinski definition) is 1. The van der Waals surface area contributed by atoms with Crippen molar-refractivity contribution in [3.63, 3.8) is 0 Å². The van der Waals surface area contributed by atoms with E-state index in [4.69, 9.17) is 4.74 Å². The van der Waals surface area contributed by atoms with Gasteiger partial charge in [0.1, 0.15) is 11.3 Å². The van der Waals surface area contributed by atoms with Gasteiger partial charge in [-0.15, -0.1) is 0 Å². The molecule has 0 bridgehead atoms. The summed E-state index contributed by atoms with van der Waals surface area (Å²) in [6.45, 7) is 4.15. The molecule has 9 heteroatoms. The van der Waals surface area contributed by atoms with Crippen molar-refractivity contribution in [1.29, 1.82) is 0 Å². The predicted molar refractivity (Wildman–Crippen MR) is 96.8 cm³/mol. The van der Waals surface area contributed by atoms with Crippen molar-refractivity contribution in [2.75, 3.05) is 26.2 Å². The van der Waals surface area contributed by atoms with Crippen molar-refractivity contribution in [1.82, 2.24) is 20.2 Å². The molecule has 0 unspecified atom stereocenters. The maximum Gasteiger partial charge on any atom is 0.392 e. The summed E-state index contributed by atoms with van der Waals surface area (Å²) in [6.07, 6.45) is 2.06. The highest BCUT2D eigenvalue weighted by molar-refractivity contribution is 5.92. The maximum atomic E-state index is 13.0. The summed E-state index contributed by atoms with van der Waals surface area (Å²) in [6, 6.07) is -0.263. The molecule has 2 aliphatic rings. The van der Waals surface area contributed by atoms with E-state index in [0.717, 1.165) is 25.0 Å². The number of aryl methyl sites for hydroxylation is 1. The Morgan fingerprint density at radius 3 is 2.86 bits per heavy atom. The quantitative estimate of drug-likeness (QED) is 0.842. The molecule has 1 saturated carbocycles. The van der Waals surface area contributed by atoms with E-state index in [9.17, 15) is 18.0 Å². The summed E-state index contributed by atoms with van der Waals surface area (Å²) in [4.78, 5) is 22.6. The molecule has 1 aromatic heterocycles. The molecule has 1 saturated heterocycles. The third kappa shape index (κ3) is 4.81. The van der Waals surface area contributed by atoms with Gasteiger partial charge in [0.25, 0.3) is 5.91 Å². The smallest absolute Gasteiger partial charge is 0.370 e. The fourth-order valence-electron chi connectivity index (χ4n) is 4.05. The molecule has 1 N–H and O–H groups in total. The molecule has 1 aromatic rings. The molecular weight excluding hydrogens is 373 g/mol. The van der Waals surface area contributed by atoms with Gasteiger partial charge in [-0.25, -0.2) is 4.98 Å². The van der Waals surface area contributed by atoms with Gasteiger partial charge in [-0.05, 0) is 19.8 Å². The van der Waals surface area contributed by atoms with Crippen molar-refractivity contribution in [2.45, 2.75) is 57.3 Å². The minimum Gasteiger partial charge on any atom is -0.370 e. The van der Waals surface area contributed by atoms with Gasteiger partial charge in [0.2, 0.25) is 0 Å². The van der Waals surface area contributed by atoms with Crippen molar-refractivity contribution >= 4 is 5.91 Å². The summed E-state index contributed by atoms with van der Waals surface area (Å²) in [7, 11) is 0. The molecule has 3 rings (SSSR count). The molecule has 0 aromatic carbocycles. The van der Waals surface area contributed by atoms with Gasteiger partial charge in [0.15, 0.2) is 0 Å². The molecule has 1 amide bonds. The normalized spacial score (nSPS) is 27.5. The van der Waals surface area contributed by atoms with E-state index in [1.807, 2.05) is 4.90 Å². The van der Waals surface area contributed by atoms with E-state index in [-0.39, 0.29) is 24.2 Å². The Morgan fingerprint density at radius 1 is 1.39 bits per heavy atom. The standard InChI is InChI=1S/C19H27F3N4O2/c1-13(19(20,21)22)11-26-7-8-28-18(12-26)6-4-3-5-16(18)25-17(27)15-10-23-14(2)9-24-15/h9-10,13,16H,3-8,11-12H2,1-2H3,(H,25,27)/t13-,16-,18-/m0/s1. The number of ether oxygens (including phenoxy) is 1. The lowest BCUT2D eigenvalue weighted by atomic mass is 9.78. The Labute approximate surface area is 162 Å². The van der Waals surface area contributed by atoms with Crippen LogP contribution in [0.4, 0.5) is 13.2 Å². The van der Waals surface area contributed by atoms with E-state index in [0.29, 0.717) is 26.1 Å². The van der Waals surface area contributed by atoms with Crippen molar-refractivity contribution in [2.24, 2.45) is 5.92 Å². The zero-order valence-electron chi connectivity index (χ0n) is 16.3. The molecule has 2 fully saturated rings. The molecule has 2 heterocycles. The van der Waals surface area contributed by atoms with Crippen LogP contribution in [-0.2, 0) is 4.74 Å². The molecule has 6 nitrogen and oxygen atoms in total. The maximum absolute atomic E-state index is 13.0. The highest BCUT2D eigenvalue weighted by Gasteiger charge is 2.47. The SMILES string of the molecule is Cc1cnc(C(=O)N[C@H]2CCCC[C@]23CN(C[C@H](C)C(F)(F)F)CCO3)cn1. The molecule has 1 aliphatic carbocycles. The number of halogens is 3. The van der Waals surface area contributed by atoms with Gasteiger partial charge in [0, 0.05) is 25.8 Å². The average molecular weight is 400 g/mol. The number of hydrogen-bond acceptors (Lipinski definition) is 5. The predicted octanol–water partition coefficient (Wildman–Crippen LogP) is 2.73. The number of nitrogens with zero attached hydrogens (tertiary/aromatic N) is 3. The van der Waals surface area contributed by atoms with Crippen LogP contribution in [0.2, 0.25) is 0 Å². The Hall–Kier alpha value is -1.74. The van der Waals surface area contributed by atoms with Gasteiger partial charge >= 0.3 is 6.18 Å². The molecule has 1 spiro atoms. The van der Waals surface area contributed by atoms with Gasteiger partial charge in [0.05, 0.1) is 30.5 Å². The topological polar surface area (TPSA) is 67.4 Å². The minimum atomic E-state index is -4.21. The number of morpholine rings is 1. The summed E-state index contributed by atoms with van der Waals surface area (Å²) in [5, 5.41) is 3.00. The number of amides is 1. The minimum absolute atomic E-state index is 0.0568. The van der Waals surface area contributed by atoms with Crippen molar-refractivity contribution in [3.05, 3.63) is 23.8 Å². The van der Waals surface area contributed by atoms with Crippen LogP contribution in [0, 0.1) is 12.8 Å². The van der Waals surface area contributed by atoms with Crippen molar-refractivity contribution in [3.8, 4) is 0 Å². The third-order valence-corrected chi connectivity index (χ3v) is 5.68. The first-order valence-corrected chi connectivity index (χ1v) is 9.72. The largest absolute Gasteiger partial charge is 0.392 e. The lowest BCUT2D eigenvalue weighted by Gasteiger charge is -2.50. The first-order valence-electron chi connectivity index (χ1n) is 9.72. The summed E-state index contributed by atoms with van der Waals surface area (Å²) < 4.78 is 45.0. The van der Waals surface area contributed by atoms with Crippen LogP contribution in [0.1, 0.15) is 48.8 Å². The second-order valence-corrected chi connectivity index (χ2v) is 7.91. The van der Waals surface area contributed by atoms with Crippen LogP contribution in [0.15, 0.2) is 12.4 Å².